The summed E-state index contributed by atoms with van der Waals surface area (Å²) < 4.78 is 13.6. The van der Waals surface area contributed by atoms with Crippen molar-refractivity contribution in [3.8, 4) is 24.0 Å². The van der Waals surface area contributed by atoms with Gasteiger partial charge in [-0.25, -0.2) is 0 Å². The zero-order valence-corrected chi connectivity index (χ0v) is 35.5. The van der Waals surface area contributed by atoms with Gasteiger partial charge in [0.25, 0.3) is 0 Å². The topological polar surface area (TPSA) is 93.1 Å². The lowest BCUT2D eigenvalue weighted by Crippen LogP contribution is -2.68. The third-order valence-electron chi connectivity index (χ3n) is 10.2. The highest BCUT2D eigenvalue weighted by atomic mass is 32.1. The highest BCUT2D eigenvalue weighted by molar-refractivity contribution is 7.13. The number of allylic oxidation sites excluding steroid dienone is 2. The second-order valence-corrected chi connectivity index (χ2v) is 20.9. The van der Waals surface area contributed by atoms with Crippen molar-refractivity contribution in [2.45, 2.75) is 84.8 Å². The van der Waals surface area contributed by atoms with E-state index in [4.69, 9.17) is 9.16 Å². The van der Waals surface area contributed by atoms with Crippen LogP contribution in [0.4, 0.5) is 5.69 Å². The molecule has 0 fully saturated rings. The molecule has 0 radical (unpaired) electrons. The number of thiophene rings is 1. The van der Waals surface area contributed by atoms with Gasteiger partial charge in [-0.2, -0.15) is 15.8 Å². The average Bonchev–Trinajstić information content (AvgIpc) is 3.76. The third kappa shape index (κ3) is 9.09. The maximum absolute atomic E-state index is 9.96. The molecule has 0 aliphatic carbocycles. The van der Waals surface area contributed by atoms with Crippen LogP contribution in [0.5, 0.6) is 5.75 Å². The highest BCUT2D eigenvalue weighted by Crippen LogP contribution is 2.42. The molecule has 5 rings (SSSR count). The van der Waals surface area contributed by atoms with Gasteiger partial charge in [-0.05, 0) is 84.6 Å². The summed E-state index contributed by atoms with van der Waals surface area (Å²) in [4.78, 5) is 4.57. The van der Waals surface area contributed by atoms with Gasteiger partial charge in [-0.15, -0.1) is 11.3 Å². The van der Waals surface area contributed by atoms with Crippen molar-refractivity contribution in [1.82, 2.24) is 0 Å². The van der Waals surface area contributed by atoms with Crippen molar-refractivity contribution in [3.05, 3.63) is 135 Å². The van der Waals surface area contributed by atoms with E-state index in [2.05, 4.69) is 143 Å². The van der Waals surface area contributed by atoms with E-state index in [0.717, 1.165) is 59.8 Å². The van der Waals surface area contributed by atoms with Gasteiger partial charge in [0, 0.05) is 45.7 Å². The van der Waals surface area contributed by atoms with Gasteiger partial charge >= 0.3 is 8.32 Å². The number of unbranched alkanes of at least 4 members (excludes halogenated alkanes) is 2. The molecule has 0 saturated heterocycles. The van der Waals surface area contributed by atoms with E-state index in [1.807, 2.05) is 44.2 Å². The van der Waals surface area contributed by atoms with Crippen molar-refractivity contribution < 1.29 is 9.16 Å². The van der Waals surface area contributed by atoms with Crippen LogP contribution in [0.25, 0.3) is 18.2 Å². The van der Waals surface area contributed by atoms with E-state index in [-0.39, 0.29) is 21.9 Å². The van der Waals surface area contributed by atoms with Crippen molar-refractivity contribution in [1.29, 1.82) is 15.8 Å². The first-order valence-corrected chi connectivity index (χ1v) is 22.2. The van der Waals surface area contributed by atoms with Crippen LogP contribution < -0.4 is 19.7 Å². The number of ether oxygens (including phenoxy) is 1. The van der Waals surface area contributed by atoms with Crippen LogP contribution in [-0.4, -0.2) is 27.0 Å². The lowest BCUT2D eigenvalue weighted by Gasteiger charge is -2.43. The standard InChI is InChI=1S/C48H52N4O2SSi/c1-8-10-30-52(31-11-9-2)38-24-22-36(45(32-38)54-56(47(3,4)5,41-18-14-12-15-19-41)42-20-16-13-17-21-42)23-25-39-26-27-40(55-39)28-29-44-43(35-51)46(37(33-49)34-50)53-48(44,6)7/h12-29,32H,8-11,30-31H2,1-7H3. The Bertz CT molecular complexity index is 2180. The predicted molar refractivity (Wildman–Crippen MR) is 235 cm³/mol. The largest absolute Gasteiger partial charge is 0.534 e. The number of rotatable bonds is 15. The Kier molecular flexibility index (Phi) is 13.6. The molecule has 4 aromatic rings. The average molecular weight is 777 g/mol. The minimum absolute atomic E-state index is 0.0397. The molecule has 0 N–H and O–H groups in total. The van der Waals surface area contributed by atoms with Gasteiger partial charge in [0.1, 0.15) is 35.1 Å². The molecule has 0 spiro atoms. The zero-order chi connectivity index (χ0) is 40.3. The molecule has 0 unspecified atom stereocenters. The monoisotopic (exact) mass is 776 g/mol. The quantitative estimate of drug-likeness (QED) is 0.0881. The molecular weight excluding hydrogens is 725 g/mol. The Labute approximate surface area is 339 Å². The van der Waals surface area contributed by atoms with Crippen LogP contribution in [0, 0.1) is 34.0 Å². The van der Waals surface area contributed by atoms with Gasteiger partial charge < -0.3 is 14.1 Å². The number of nitriles is 3. The van der Waals surface area contributed by atoms with Crippen molar-refractivity contribution >= 4 is 53.9 Å². The first kappa shape index (κ1) is 41.6. The molecule has 8 heteroatoms. The normalized spacial score (nSPS) is 14.0. The maximum atomic E-state index is 9.96. The Morgan fingerprint density at radius 3 is 1.84 bits per heavy atom. The molecule has 0 amide bonds. The summed E-state index contributed by atoms with van der Waals surface area (Å²) in [6.45, 7) is 17.1. The fraction of sp³-hybridized carbons (Fsp3) is 0.312. The first-order valence-electron chi connectivity index (χ1n) is 19.5. The number of benzene rings is 3. The summed E-state index contributed by atoms with van der Waals surface area (Å²) in [6.07, 6.45) is 12.6. The fourth-order valence-corrected chi connectivity index (χ4v) is 12.4. The molecule has 3 aromatic carbocycles. The van der Waals surface area contributed by atoms with Crippen molar-refractivity contribution in [3.63, 3.8) is 0 Å². The van der Waals surface area contributed by atoms with E-state index >= 15 is 0 Å². The third-order valence-corrected chi connectivity index (χ3v) is 16.1. The van der Waals surface area contributed by atoms with Gasteiger partial charge in [0.2, 0.25) is 0 Å². The molecule has 1 aliphatic heterocycles. The number of anilines is 1. The summed E-state index contributed by atoms with van der Waals surface area (Å²) >= 11 is 1.63. The predicted octanol–water partition coefficient (Wildman–Crippen LogP) is 11.2. The molecule has 56 heavy (non-hydrogen) atoms. The van der Waals surface area contributed by atoms with Crippen LogP contribution >= 0.6 is 11.3 Å². The Hall–Kier alpha value is -5.59. The molecule has 0 atom stereocenters. The molecule has 2 heterocycles. The second-order valence-electron chi connectivity index (χ2n) is 15.5. The zero-order valence-electron chi connectivity index (χ0n) is 33.7. The Balaban J connectivity index is 1.58. The van der Waals surface area contributed by atoms with Crippen LogP contribution in [0.3, 0.4) is 0 Å². The lowest BCUT2D eigenvalue weighted by molar-refractivity contribution is 0.0954. The van der Waals surface area contributed by atoms with Crippen LogP contribution in [0.1, 0.15) is 89.5 Å². The molecule has 0 bridgehead atoms. The molecule has 1 aromatic heterocycles. The number of hydrogen-bond donors (Lipinski definition) is 0. The number of hydrogen-bond acceptors (Lipinski definition) is 7. The van der Waals surface area contributed by atoms with Crippen LogP contribution in [0.15, 0.2) is 120 Å². The summed E-state index contributed by atoms with van der Waals surface area (Å²) in [7, 11) is -2.93. The summed E-state index contributed by atoms with van der Waals surface area (Å²) in [5.74, 6) is 0.915. The smallest absolute Gasteiger partial charge is 0.319 e. The SMILES string of the molecule is CCCCN(CCCC)c1ccc(C=Cc2ccc(C=CC3=C(C#N)C(=C(C#N)C#N)OC3(C)C)s2)c(O[Si](c2ccccc2)(c2ccccc2)C(C)(C)C)c1. The van der Waals surface area contributed by atoms with Gasteiger partial charge in [0.05, 0.1) is 0 Å². The molecule has 286 valence electrons. The molecule has 6 nitrogen and oxygen atoms in total. The van der Waals surface area contributed by atoms with Crippen molar-refractivity contribution in [2.24, 2.45) is 0 Å². The minimum atomic E-state index is -2.93. The fourth-order valence-electron chi connectivity index (χ4n) is 7.20. The van der Waals surface area contributed by atoms with E-state index in [9.17, 15) is 15.8 Å². The number of nitrogens with zero attached hydrogens (tertiary/aromatic N) is 4. The molecular formula is C48H52N4O2SSi. The second kappa shape index (κ2) is 18.4. The van der Waals surface area contributed by atoms with Gasteiger partial charge in [-0.1, -0.05) is 114 Å². The highest BCUT2D eigenvalue weighted by Gasteiger charge is 2.52. The molecule has 1 aliphatic rings. The van der Waals surface area contributed by atoms with E-state index in [0.29, 0.717) is 5.57 Å². The van der Waals surface area contributed by atoms with Crippen LogP contribution in [-0.2, 0) is 4.74 Å². The summed E-state index contributed by atoms with van der Waals surface area (Å²) in [5.41, 5.74) is 1.95. The van der Waals surface area contributed by atoms with E-state index < -0.39 is 13.9 Å². The first-order chi connectivity index (χ1) is 26.9. The van der Waals surface area contributed by atoms with Crippen molar-refractivity contribution in [2.75, 3.05) is 18.0 Å². The summed E-state index contributed by atoms with van der Waals surface area (Å²) in [5, 5.41) is 31.1. The van der Waals surface area contributed by atoms with Gasteiger partial charge in [0.15, 0.2) is 11.3 Å². The minimum Gasteiger partial charge on any atom is -0.534 e. The van der Waals surface area contributed by atoms with E-state index in [1.54, 1.807) is 11.3 Å². The summed E-state index contributed by atoms with van der Waals surface area (Å²) in [6, 6.07) is 38.3. The van der Waals surface area contributed by atoms with Crippen LogP contribution in [0.2, 0.25) is 5.04 Å². The van der Waals surface area contributed by atoms with E-state index in [1.165, 1.54) is 16.1 Å². The van der Waals surface area contributed by atoms with Gasteiger partial charge in [-0.3, -0.25) is 0 Å². The lowest BCUT2D eigenvalue weighted by atomic mass is 9.94. The maximum Gasteiger partial charge on any atom is 0.319 e. The Morgan fingerprint density at radius 2 is 1.34 bits per heavy atom. The Morgan fingerprint density at radius 1 is 0.786 bits per heavy atom. The molecule has 0 saturated carbocycles.